The molecule has 1 amide bonds. The largest absolute Gasteiger partial charge is 0.444 e. The highest BCUT2D eigenvalue weighted by atomic mass is 16.6. The van der Waals surface area contributed by atoms with Crippen molar-refractivity contribution in [2.75, 3.05) is 13.7 Å². The third-order valence-electron chi connectivity index (χ3n) is 2.17. The molecule has 1 fully saturated rings. The molecular formula is C10H19NO4. The molecule has 15 heavy (non-hydrogen) atoms. The molecule has 0 aromatic heterocycles. The Bertz CT molecular complexity index is 236. The van der Waals surface area contributed by atoms with Crippen LogP contribution in [0.5, 0.6) is 0 Å². The summed E-state index contributed by atoms with van der Waals surface area (Å²) in [5.41, 5.74) is -0.525. The Hall–Kier alpha value is -0.810. The Morgan fingerprint density at radius 2 is 2.07 bits per heavy atom. The zero-order valence-corrected chi connectivity index (χ0v) is 9.69. The molecule has 0 spiro atoms. The molecule has 1 aliphatic rings. The van der Waals surface area contributed by atoms with Gasteiger partial charge in [-0.15, -0.1) is 0 Å². The first-order valence-electron chi connectivity index (χ1n) is 5.05. The number of rotatable bonds is 1. The molecule has 0 aromatic carbocycles. The van der Waals surface area contributed by atoms with Gasteiger partial charge in [-0.25, -0.2) is 4.79 Å². The Balaban J connectivity index is 2.60. The number of aliphatic hydroxyl groups is 1. The van der Waals surface area contributed by atoms with Crippen LogP contribution in [0.3, 0.4) is 0 Å². The molecule has 2 unspecified atom stereocenters. The van der Waals surface area contributed by atoms with Crippen LogP contribution in [-0.4, -0.2) is 47.7 Å². The minimum absolute atomic E-state index is 0.439. The fraction of sp³-hybridized carbons (Fsp3) is 0.900. The number of nitrogens with zero attached hydrogens (tertiary/aromatic N) is 1. The van der Waals surface area contributed by atoms with Crippen molar-refractivity contribution in [2.45, 2.75) is 45.1 Å². The summed E-state index contributed by atoms with van der Waals surface area (Å²) >= 11 is 0. The Morgan fingerprint density at radius 3 is 2.53 bits per heavy atom. The molecule has 0 bridgehead atoms. The molecule has 5 heteroatoms. The summed E-state index contributed by atoms with van der Waals surface area (Å²) in [5, 5.41) is 9.53. The van der Waals surface area contributed by atoms with Crippen molar-refractivity contribution in [2.24, 2.45) is 0 Å². The predicted molar refractivity (Wildman–Crippen MR) is 54.4 cm³/mol. The van der Waals surface area contributed by atoms with Gasteiger partial charge >= 0.3 is 6.09 Å². The van der Waals surface area contributed by atoms with Crippen molar-refractivity contribution >= 4 is 6.09 Å². The lowest BCUT2D eigenvalue weighted by Crippen LogP contribution is -2.43. The van der Waals surface area contributed by atoms with Gasteiger partial charge in [0.2, 0.25) is 0 Å². The molecule has 1 heterocycles. The molecule has 5 nitrogen and oxygen atoms in total. The van der Waals surface area contributed by atoms with E-state index in [0.29, 0.717) is 13.0 Å². The number of likely N-dealkylation sites (tertiary alicyclic amines) is 1. The fourth-order valence-corrected chi connectivity index (χ4v) is 1.55. The first kappa shape index (κ1) is 12.3. The summed E-state index contributed by atoms with van der Waals surface area (Å²) in [5.74, 6) is 0. The lowest BCUT2D eigenvalue weighted by atomic mass is 10.2. The average Bonchev–Trinajstić information content (AvgIpc) is 2.43. The van der Waals surface area contributed by atoms with Crippen LogP contribution in [0.2, 0.25) is 0 Å². The van der Waals surface area contributed by atoms with Crippen molar-refractivity contribution in [3.8, 4) is 0 Å². The molecule has 0 saturated carbocycles. The number of amides is 1. The first-order valence-corrected chi connectivity index (χ1v) is 5.05. The van der Waals surface area contributed by atoms with Crippen molar-refractivity contribution in [1.29, 1.82) is 0 Å². The smallest absolute Gasteiger partial charge is 0.412 e. The molecule has 1 saturated heterocycles. The van der Waals surface area contributed by atoms with Gasteiger partial charge in [0.25, 0.3) is 0 Å². The average molecular weight is 217 g/mol. The van der Waals surface area contributed by atoms with E-state index in [9.17, 15) is 9.90 Å². The number of hydrogen-bond acceptors (Lipinski definition) is 4. The molecule has 2 atom stereocenters. The van der Waals surface area contributed by atoms with Gasteiger partial charge in [0.1, 0.15) is 11.7 Å². The van der Waals surface area contributed by atoms with E-state index in [1.807, 2.05) is 0 Å². The summed E-state index contributed by atoms with van der Waals surface area (Å²) in [6.45, 7) is 5.88. The zero-order valence-electron chi connectivity index (χ0n) is 9.69. The van der Waals surface area contributed by atoms with Crippen molar-refractivity contribution < 1.29 is 19.4 Å². The number of carbonyl (C=O) groups is 1. The summed E-state index contributed by atoms with van der Waals surface area (Å²) < 4.78 is 10.2. The summed E-state index contributed by atoms with van der Waals surface area (Å²) in [6, 6.07) is 0. The Kier molecular flexibility index (Phi) is 3.57. The topological polar surface area (TPSA) is 59.0 Å². The quantitative estimate of drug-likeness (QED) is 0.710. The van der Waals surface area contributed by atoms with Gasteiger partial charge in [0, 0.05) is 13.7 Å². The molecular weight excluding hydrogens is 198 g/mol. The van der Waals surface area contributed by atoms with E-state index >= 15 is 0 Å². The van der Waals surface area contributed by atoms with Gasteiger partial charge in [-0.2, -0.15) is 0 Å². The second kappa shape index (κ2) is 4.37. The van der Waals surface area contributed by atoms with Crippen molar-refractivity contribution in [3.05, 3.63) is 0 Å². The maximum atomic E-state index is 11.7. The van der Waals surface area contributed by atoms with E-state index in [1.54, 1.807) is 20.8 Å². The van der Waals surface area contributed by atoms with E-state index in [1.165, 1.54) is 12.0 Å². The Morgan fingerprint density at radius 1 is 1.47 bits per heavy atom. The molecule has 1 rings (SSSR count). The summed E-state index contributed by atoms with van der Waals surface area (Å²) in [6.07, 6.45) is -1.12. The van der Waals surface area contributed by atoms with Crippen LogP contribution in [-0.2, 0) is 9.47 Å². The van der Waals surface area contributed by atoms with Crippen LogP contribution in [0, 0.1) is 0 Å². The zero-order chi connectivity index (χ0) is 11.6. The van der Waals surface area contributed by atoms with Crippen LogP contribution in [0.25, 0.3) is 0 Å². The van der Waals surface area contributed by atoms with E-state index < -0.39 is 24.0 Å². The fourth-order valence-electron chi connectivity index (χ4n) is 1.55. The van der Waals surface area contributed by atoms with Crippen molar-refractivity contribution in [3.63, 3.8) is 0 Å². The van der Waals surface area contributed by atoms with Crippen LogP contribution in [0.4, 0.5) is 4.79 Å². The third-order valence-corrected chi connectivity index (χ3v) is 2.17. The molecule has 88 valence electrons. The second-order valence-corrected chi connectivity index (χ2v) is 4.66. The molecule has 1 aliphatic heterocycles. The van der Waals surface area contributed by atoms with Gasteiger partial charge in [-0.3, -0.25) is 4.90 Å². The Labute approximate surface area is 90.0 Å². The van der Waals surface area contributed by atoms with Crippen LogP contribution < -0.4 is 0 Å². The summed E-state index contributed by atoms with van der Waals surface area (Å²) in [4.78, 5) is 13.1. The molecule has 0 radical (unpaired) electrons. The lowest BCUT2D eigenvalue weighted by molar-refractivity contribution is -0.0703. The SMILES string of the molecule is COC1C(O)CCN1C(=O)OC(C)(C)C. The normalized spacial score (nSPS) is 26.9. The van der Waals surface area contributed by atoms with E-state index in [4.69, 9.17) is 9.47 Å². The minimum atomic E-state index is -0.623. The highest BCUT2D eigenvalue weighted by molar-refractivity contribution is 5.68. The standard InChI is InChI=1S/C10H19NO4/c1-10(2,3)15-9(13)11-6-5-7(12)8(11)14-4/h7-8,12H,5-6H2,1-4H3. The third kappa shape index (κ3) is 3.07. The van der Waals surface area contributed by atoms with Crippen LogP contribution >= 0.6 is 0 Å². The monoisotopic (exact) mass is 217 g/mol. The van der Waals surface area contributed by atoms with Gasteiger partial charge in [0.05, 0.1) is 0 Å². The summed E-state index contributed by atoms with van der Waals surface area (Å²) in [7, 11) is 1.47. The van der Waals surface area contributed by atoms with Gasteiger partial charge in [0.15, 0.2) is 6.23 Å². The second-order valence-electron chi connectivity index (χ2n) is 4.66. The predicted octanol–water partition coefficient (Wildman–Crippen LogP) is 0.961. The number of hydrogen-bond donors (Lipinski definition) is 1. The minimum Gasteiger partial charge on any atom is -0.444 e. The molecule has 0 aliphatic carbocycles. The number of carbonyl (C=O) groups excluding carboxylic acids is 1. The van der Waals surface area contributed by atoms with E-state index in [0.717, 1.165) is 0 Å². The number of methoxy groups -OCH3 is 1. The van der Waals surface area contributed by atoms with Gasteiger partial charge < -0.3 is 14.6 Å². The van der Waals surface area contributed by atoms with Crippen LogP contribution in [0.15, 0.2) is 0 Å². The maximum Gasteiger partial charge on any atom is 0.412 e. The highest BCUT2D eigenvalue weighted by Crippen LogP contribution is 2.21. The molecule has 0 aromatic rings. The first-order chi connectivity index (χ1) is 6.85. The number of aliphatic hydroxyl groups excluding tert-OH is 1. The van der Waals surface area contributed by atoms with E-state index in [2.05, 4.69) is 0 Å². The molecule has 1 N–H and O–H groups in total. The number of ether oxygens (including phenoxy) is 2. The highest BCUT2D eigenvalue weighted by Gasteiger charge is 2.38. The van der Waals surface area contributed by atoms with Crippen LogP contribution in [0.1, 0.15) is 27.2 Å². The van der Waals surface area contributed by atoms with Crippen molar-refractivity contribution in [1.82, 2.24) is 4.90 Å². The van der Waals surface area contributed by atoms with E-state index in [-0.39, 0.29) is 0 Å². The lowest BCUT2D eigenvalue weighted by Gasteiger charge is -2.28. The maximum absolute atomic E-state index is 11.7. The van der Waals surface area contributed by atoms with Gasteiger partial charge in [-0.1, -0.05) is 0 Å². The van der Waals surface area contributed by atoms with Gasteiger partial charge in [-0.05, 0) is 27.2 Å².